The van der Waals surface area contributed by atoms with E-state index in [-0.39, 0.29) is 6.67 Å². The zero-order valence-electron chi connectivity index (χ0n) is 19.9. The molecule has 0 radical (unpaired) electrons. The van der Waals surface area contributed by atoms with Crippen molar-refractivity contribution < 1.29 is 14.3 Å². The lowest BCUT2D eigenvalue weighted by molar-refractivity contribution is 0.0696. The molecule has 0 unspecified atom stereocenters. The Morgan fingerprint density at radius 3 is 2.53 bits per heavy atom. The van der Waals surface area contributed by atoms with Crippen LogP contribution < -0.4 is 0 Å². The number of nitrogens with zero attached hydrogens (tertiary/aromatic N) is 1. The number of carboxylic acid groups (broad SMARTS) is 1. The third-order valence-electron chi connectivity index (χ3n) is 7.69. The number of benzene rings is 2. The quantitative estimate of drug-likeness (QED) is 0.473. The Bertz CT molecular complexity index is 1100. The summed E-state index contributed by atoms with van der Waals surface area (Å²) >= 11 is 0. The van der Waals surface area contributed by atoms with E-state index in [2.05, 4.69) is 35.2 Å². The molecule has 1 saturated carbocycles. The number of hydrogen-bond acceptors (Lipinski definition) is 2. The topological polar surface area (TPSA) is 40.5 Å². The molecule has 1 saturated heterocycles. The highest BCUT2D eigenvalue weighted by Gasteiger charge is 2.25. The van der Waals surface area contributed by atoms with E-state index >= 15 is 0 Å². The Kier molecular flexibility index (Phi) is 6.96. The van der Waals surface area contributed by atoms with Gasteiger partial charge >= 0.3 is 5.97 Å². The summed E-state index contributed by atoms with van der Waals surface area (Å²) in [5.74, 6) is -0.0586. The van der Waals surface area contributed by atoms with Crippen LogP contribution in [-0.2, 0) is 6.42 Å². The minimum Gasteiger partial charge on any atom is -0.478 e. The van der Waals surface area contributed by atoms with Crippen LogP contribution in [0.5, 0.6) is 0 Å². The Morgan fingerprint density at radius 2 is 1.85 bits per heavy atom. The van der Waals surface area contributed by atoms with Crippen LogP contribution in [-0.4, -0.2) is 42.3 Å². The predicted molar refractivity (Wildman–Crippen MR) is 136 cm³/mol. The molecule has 4 heteroatoms. The molecule has 1 aliphatic heterocycles. The second-order valence-electron chi connectivity index (χ2n) is 10.2. The van der Waals surface area contributed by atoms with Crippen molar-refractivity contribution in [1.29, 1.82) is 0 Å². The maximum atomic E-state index is 12.4. The summed E-state index contributed by atoms with van der Waals surface area (Å²) in [6, 6.07) is 14.6. The number of aryl methyl sites for hydroxylation is 1. The Morgan fingerprint density at radius 1 is 1.06 bits per heavy atom. The van der Waals surface area contributed by atoms with Gasteiger partial charge in [0, 0.05) is 19.6 Å². The van der Waals surface area contributed by atoms with Crippen molar-refractivity contribution in [3.8, 4) is 0 Å². The van der Waals surface area contributed by atoms with E-state index in [1.165, 1.54) is 47.1 Å². The van der Waals surface area contributed by atoms with Crippen LogP contribution in [0.4, 0.5) is 4.39 Å². The van der Waals surface area contributed by atoms with E-state index in [0.717, 1.165) is 56.8 Å². The molecule has 2 aliphatic carbocycles. The lowest BCUT2D eigenvalue weighted by atomic mass is 9.78. The largest absolute Gasteiger partial charge is 0.478 e. The normalized spacial score (nSPS) is 18.7. The number of carbonyl (C=O) groups is 1. The van der Waals surface area contributed by atoms with Gasteiger partial charge in [0.1, 0.15) is 0 Å². The molecule has 0 amide bonds. The van der Waals surface area contributed by atoms with E-state index in [9.17, 15) is 14.3 Å². The van der Waals surface area contributed by atoms with E-state index in [0.29, 0.717) is 12.0 Å². The molecule has 2 aromatic rings. The summed E-state index contributed by atoms with van der Waals surface area (Å²) in [7, 11) is 0. The van der Waals surface area contributed by atoms with E-state index in [1.807, 2.05) is 12.1 Å². The number of carboxylic acids is 1. The number of halogens is 1. The second-order valence-corrected chi connectivity index (χ2v) is 10.2. The van der Waals surface area contributed by atoms with Crippen molar-refractivity contribution in [2.24, 2.45) is 5.92 Å². The fourth-order valence-corrected chi connectivity index (χ4v) is 5.64. The third kappa shape index (κ3) is 5.02. The fraction of sp³-hybridized carbons (Fsp3) is 0.433. The minimum atomic E-state index is -0.857. The van der Waals surface area contributed by atoms with Crippen molar-refractivity contribution >= 4 is 17.6 Å². The summed E-state index contributed by atoms with van der Waals surface area (Å²) in [6.45, 7) is 2.49. The van der Waals surface area contributed by atoms with Crippen LogP contribution in [0.25, 0.3) is 11.6 Å². The zero-order chi connectivity index (χ0) is 23.5. The van der Waals surface area contributed by atoms with Crippen molar-refractivity contribution in [3.05, 3.63) is 81.4 Å². The van der Waals surface area contributed by atoms with E-state index in [4.69, 9.17) is 0 Å². The standard InChI is InChI=1S/C30H34FNO2/c31-14-3-15-32-19-23(20-32)16-22-8-10-24(11-9-22)29-26(17-21-4-1-5-21)7-2-6-25-18-27(30(33)34)12-13-28(25)29/h8-13,16,18,21H,1-7,14-15,17,19-20H2,(H,33,34). The van der Waals surface area contributed by atoms with Crippen LogP contribution in [0, 0.1) is 5.92 Å². The Balaban J connectivity index is 1.43. The number of alkyl halides is 1. The number of rotatable bonds is 8. The molecule has 178 valence electrons. The maximum absolute atomic E-state index is 12.4. The van der Waals surface area contributed by atoms with Gasteiger partial charge in [0.05, 0.1) is 12.2 Å². The second kappa shape index (κ2) is 10.3. The number of hydrogen-bond donors (Lipinski definition) is 1. The van der Waals surface area contributed by atoms with Crippen LogP contribution in [0.2, 0.25) is 0 Å². The first kappa shape index (κ1) is 23.0. The monoisotopic (exact) mass is 459 g/mol. The van der Waals surface area contributed by atoms with E-state index in [1.54, 1.807) is 11.6 Å². The third-order valence-corrected chi connectivity index (χ3v) is 7.69. The fourth-order valence-electron chi connectivity index (χ4n) is 5.64. The lowest BCUT2D eigenvalue weighted by Gasteiger charge is -2.33. The highest BCUT2D eigenvalue weighted by molar-refractivity contribution is 5.90. The summed E-state index contributed by atoms with van der Waals surface area (Å²) < 4.78 is 12.4. The zero-order valence-corrected chi connectivity index (χ0v) is 19.9. The molecule has 2 fully saturated rings. The molecular weight excluding hydrogens is 425 g/mol. The van der Waals surface area contributed by atoms with Gasteiger partial charge in [-0.15, -0.1) is 0 Å². The van der Waals surface area contributed by atoms with E-state index < -0.39 is 5.97 Å². The molecule has 3 aliphatic rings. The van der Waals surface area contributed by atoms with Gasteiger partial charge in [-0.1, -0.05) is 61.2 Å². The highest BCUT2D eigenvalue weighted by atomic mass is 19.1. The highest BCUT2D eigenvalue weighted by Crippen LogP contribution is 2.41. The van der Waals surface area contributed by atoms with Crippen molar-refractivity contribution in [2.75, 3.05) is 26.3 Å². The molecule has 34 heavy (non-hydrogen) atoms. The molecule has 0 bridgehead atoms. The summed E-state index contributed by atoms with van der Waals surface area (Å²) in [5.41, 5.74) is 9.47. The van der Waals surface area contributed by atoms with Gasteiger partial charge in [-0.2, -0.15) is 0 Å². The van der Waals surface area contributed by atoms with Gasteiger partial charge in [0.15, 0.2) is 0 Å². The molecular formula is C30H34FNO2. The first-order valence-electron chi connectivity index (χ1n) is 12.8. The van der Waals surface area contributed by atoms with Gasteiger partial charge in [-0.05, 0) is 83.6 Å². The van der Waals surface area contributed by atoms with Crippen molar-refractivity contribution in [3.63, 3.8) is 0 Å². The van der Waals surface area contributed by atoms with Crippen LogP contribution >= 0.6 is 0 Å². The SMILES string of the molecule is O=C(O)c1ccc2c(c1)CCCC(CC1CCC1)=C2c1ccc(C=C2CN(CCCF)C2)cc1. The average Bonchev–Trinajstić information content (AvgIpc) is 2.96. The molecule has 2 aromatic carbocycles. The number of fused-ring (bicyclic) bond motifs is 1. The summed E-state index contributed by atoms with van der Waals surface area (Å²) in [4.78, 5) is 13.9. The lowest BCUT2D eigenvalue weighted by Crippen LogP contribution is -2.40. The average molecular weight is 460 g/mol. The maximum Gasteiger partial charge on any atom is 0.335 e. The van der Waals surface area contributed by atoms with Gasteiger partial charge < -0.3 is 5.11 Å². The number of likely N-dealkylation sites (tertiary alicyclic amines) is 1. The molecule has 5 rings (SSSR count). The molecule has 1 heterocycles. The molecule has 3 nitrogen and oxygen atoms in total. The molecule has 1 N–H and O–H groups in total. The Labute approximate surface area is 202 Å². The van der Waals surface area contributed by atoms with Gasteiger partial charge in [-0.25, -0.2) is 4.79 Å². The van der Waals surface area contributed by atoms with Crippen molar-refractivity contribution in [1.82, 2.24) is 4.90 Å². The van der Waals surface area contributed by atoms with Crippen LogP contribution in [0.1, 0.15) is 77.6 Å². The predicted octanol–water partition coefficient (Wildman–Crippen LogP) is 6.77. The first-order valence-corrected chi connectivity index (χ1v) is 12.8. The van der Waals surface area contributed by atoms with Crippen LogP contribution in [0.3, 0.4) is 0 Å². The van der Waals surface area contributed by atoms with Gasteiger partial charge in [0.25, 0.3) is 0 Å². The number of allylic oxidation sites excluding steroid dienone is 1. The minimum absolute atomic E-state index is 0.240. The molecule has 0 atom stereocenters. The number of aromatic carboxylic acids is 1. The smallest absolute Gasteiger partial charge is 0.335 e. The molecule has 0 spiro atoms. The van der Waals surface area contributed by atoms with Gasteiger partial charge in [0.2, 0.25) is 0 Å². The van der Waals surface area contributed by atoms with Crippen LogP contribution in [0.15, 0.2) is 53.6 Å². The Hall–Kier alpha value is -2.72. The molecule has 0 aromatic heterocycles. The summed E-state index contributed by atoms with van der Waals surface area (Å²) in [6.07, 6.45) is 11.1. The van der Waals surface area contributed by atoms with Crippen molar-refractivity contribution in [2.45, 2.75) is 51.4 Å². The van der Waals surface area contributed by atoms with Gasteiger partial charge in [-0.3, -0.25) is 9.29 Å². The first-order chi connectivity index (χ1) is 16.6. The summed E-state index contributed by atoms with van der Waals surface area (Å²) in [5, 5.41) is 9.50.